The molecule has 4 rings (SSSR count). The standard InChI is InChI=1S/C22H23ClN2O/c23-20-13-11-19(12-14-20)22-24-21(26-25-22)15-8-16-6-9-18(10-7-16)17-4-2-1-3-5-17/h1-5,11-14,16,18H,6-10,15H2. The summed E-state index contributed by atoms with van der Waals surface area (Å²) in [7, 11) is 0. The summed E-state index contributed by atoms with van der Waals surface area (Å²) in [5.74, 6) is 2.87. The van der Waals surface area contributed by atoms with E-state index in [0.29, 0.717) is 10.8 Å². The number of hydrogen-bond acceptors (Lipinski definition) is 3. The number of aryl methyl sites for hydroxylation is 1. The average molecular weight is 367 g/mol. The van der Waals surface area contributed by atoms with Gasteiger partial charge in [-0.15, -0.1) is 0 Å². The number of rotatable bonds is 5. The van der Waals surface area contributed by atoms with Gasteiger partial charge >= 0.3 is 0 Å². The van der Waals surface area contributed by atoms with E-state index < -0.39 is 0 Å². The van der Waals surface area contributed by atoms with Crippen molar-refractivity contribution in [3.8, 4) is 11.4 Å². The van der Waals surface area contributed by atoms with Crippen LogP contribution in [0.25, 0.3) is 11.4 Å². The minimum absolute atomic E-state index is 0.643. The molecular formula is C22H23ClN2O. The zero-order valence-corrected chi connectivity index (χ0v) is 15.5. The number of aromatic nitrogens is 2. The summed E-state index contributed by atoms with van der Waals surface area (Å²) in [5.41, 5.74) is 2.43. The Morgan fingerprint density at radius 3 is 2.38 bits per heavy atom. The second kappa shape index (κ2) is 8.05. The van der Waals surface area contributed by atoms with Crippen LogP contribution in [0.4, 0.5) is 0 Å². The van der Waals surface area contributed by atoms with Crippen LogP contribution in [-0.4, -0.2) is 10.1 Å². The molecule has 0 saturated heterocycles. The Bertz CT molecular complexity index is 821. The molecule has 0 radical (unpaired) electrons. The molecule has 134 valence electrons. The van der Waals surface area contributed by atoms with Crippen molar-refractivity contribution in [3.05, 3.63) is 71.1 Å². The molecule has 0 spiro atoms. The highest BCUT2D eigenvalue weighted by molar-refractivity contribution is 6.30. The lowest BCUT2D eigenvalue weighted by Crippen LogP contribution is -2.14. The van der Waals surface area contributed by atoms with Crippen molar-refractivity contribution in [1.29, 1.82) is 0 Å². The molecule has 3 aromatic rings. The third-order valence-electron chi connectivity index (χ3n) is 5.45. The van der Waals surface area contributed by atoms with Gasteiger partial charge in [0.1, 0.15) is 0 Å². The molecule has 1 heterocycles. The average Bonchev–Trinajstić information content (AvgIpc) is 3.17. The number of benzene rings is 2. The summed E-state index contributed by atoms with van der Waals surface area (Å²) >= 11 is 5.93. The fraction of sp³-hybridized carbons (Fsp3) is 0.364. The molecule has 1 aromatic heterocycles. The zero-order valence-electron chi connectivity index (χ0n) is 14.8. The summed E-state index contributed by atoms with van der Waals surface area (Å²) in [5, 5.41) is 4.81. The van der Waals surface area contributed by atoms with Crippen molar-refractivity contribution in [2.45, 2.75) is 44.4 Å². The summed E-state index contributed by atoms with van der Waals surface area (Å²) < 4.78 is 5.44. The van der Waals surface area contributed by atoms with Crippen molar-refractivity contribution in [3.63, 3.8) is 0 Å². The Hall–Kier alpha value is -2.13. The molecule has 4 heteroatoms. The lowest BCUT2D eigenvalue weighted by Gasteiger charge is -2.28. The zero-order chi connectivity index (χ0) is 17.8. The molecule has 0 aliphatic heterocycles. The minimum atomic E-state index is 0.643. The number of nitrogens with zero attached hydrogens (tertiary/aromatic N) is 2. The maximum Gasteiger partial charge on any atom is 0.226 e. The first-order valence-corrected chi connectivity index (χ1v) is 9.79. The maximum atomic E-state index is 5.93. The van der Waals surface area contributed by atoms with Crippen LogP contribution in [-0.2, 0) is 6.42 Å². The number of hydrogen-bond donors (Lipinski definition) is 0. The largest absolute Gasteiger partial charge is 0.339 e. The second-order valence-corrected chi connectivity index (χ2v) is 7.62. The molecule has 1 aliphatic rings. The molecule has 0 atom stereocenters. The molecule has 1 fully saturated rings. The lowest BCUT2D eigenvalue weighted by molar-refractivity contribution is 0.295. The SMILES string of the molecule is Clc1ccc(-c2noc(CCC3CCC(c4ccccc4)CC3)n2)cc1. The quantitative estimate of drug-likeness (QED) is 0.532. The molecule has 0 bridgehead atoms. The van der Waals surface area contributed by atoms with Crippen molar-refractivity contribution >= 4 is 11.6 Å². The van der Waals surface area contributed by atoms with Crippen molar-refractivity contribution in [2.24, 2.45) is 5.92 Å². The van der Waals surface area contributed by atoms with Gasteiger partial charge in [0.05, 0.1) is 0 Å². The molecule has 3 nitrogen and oxygen atoms in total. The van der Waals surface area contributed by atoms with E-state index in [-0.39, 0.29) is 0 Å². The van der Waals surface area contributed by atoms with Gasteiger partial charge in [0, 0.05) is 17.0 Å². The van der Waals surface area contributed by atoms with Gasteiger partial charge in [0.2, 0.25) is 11.7 Å². The first kappa shape index (κ1) is 17.3. The normalized spacial score (nSPS) is 20.2. The minimum Gasteiger partial charge on any atom is -0.339 e. The van der Waals surface area contributed by atoms with Crippen LogP contribution in [0.15, 0.2) is 59.1 Å². The van der Waals surface area contributed by atoms with E-state index in [1.165, 1.54) is 31.2 Å². The van der Waals surface area contributed by atoms with E-state index in [1.807, 2.05) is 24.3 Å². The van der Waals surface area contributed by atoms with Gasteiger partial charge in [-0.25, -0.2) is 0 Å². The highest BCUT2D eigenvalue weighted by Gasteiger charge is 2.22. The first-order chi connectivity index (χ1) is 12.8. The van der Waals surface area contributed by atoms with Gasteiger partial charge in [-0.1, -0.05) is 47.1 Å². The van der Waals surface area contributed by atoms with Gasteiger partial charge in [0.25, 0.3) is 0 Å². The van der Waals surface area contributed by atoms with Crippen LogP contribution in [0.2, 0.25) is 5.02 Å². The van der Waals surface area contributed by atoms with Crippen molar-refractivity contribution in [2.75, 3.05) is 0 Å². The van der Waals surface area contributed by atoms with Gasteiger partial charge in [0.15, 0.2) is 0 Å². The second-order valence-electron chi connectivity index (χ2n) is 7.19. The summed E-state index contributed by atoms with van der Waals surface area (Å²) in [4.78, 5) is 4.54. The summed E-state index contributed by atoms with van der Waals surface area (Å²) in [6.07, 6.45) is 7.14. The van der Waals surface area contributed by atoms with Gasteiger partial charge in [-0.05, 0) is 73.8 Å². The highest BCUT2D eigenvalue weighted by atomic mass is 35.5. The van der Waals surface area contributed by atoms with E-state index in [2.05, 4.69) is 40.5 Å². The Kier molecular flexibility index (Phi) is 5.35. The third kappa shape index (κ3) is 4.16. The van der Waals surface area contributed by atoms with E-state index in [9.17, 15) is 0 Å². The number of halogens is 1. The van der Waals surface area contributed by atoms with Crippen LogP contribution in [0.1, 0.15) is 49.5 Å². The summed E-state index contributed by atoms with van der Waals surface area (Å²) in [6.45, 7) is 0. The van der Waals surface area contributed by atoms with E-state index in [0.717, 1.165) is 36.1 Å². The van der Waals surface area contributed by atoms with Crippen LogP contribution >= 0.6 is 11.6 Å². The summed E-state index contributed by atoms with van der Waals surface area (Å²) in [6, 6.07) is 18.5. The molecule has 26 heavy (non-hydrogen) atoms. The Labute approximate surface area is 159 Å². The lowest BCUT2D eigenvalue weighted by atomic mass is 9.77. The van der Waals surface area contributed by atoms with Gasteiger partial charge in [-0.2, -0.15) is 4.98 Å². The van der Waals surface area contributed by atoms with Gasteiger partial charge in [-0.3, -0.25) is 0 Å². The highest BCUT2D eigenvalue weighted by Crippen LogP contribution is 2.37. The topological polar surface area (TPSA) is 38.9 Å². The predicted molar refractivity (Wildman–Crippen MR) is 104 cm³/mol. The third-order valence-corrected chi connectivity index (χ3v) is 5.71. The first-order valence-electron chi connectivity index (χ1n) is 9.41. The maximum absolute atomic E-state index is 5.93. The van der Waals surface area contributed by atoms with E-state index >= 15 is 0 Å². The van der Waals surface area contributed by atoms with Crippen molar-refractivity contribution in [1.82, 2.24) is 10.1 Å². The molecule has 0 unspecified atom stereocenters. The molecule has 0 amide bonds. The van der Waals surface area contributed by atoms with Crippen LogP contribution in [0, 0.1) is 5.92 Å². The van der Waals surface area contributed by atoms with Crippen LogP contribution in [0.5, 0.6) is 0 Å². The smallest absolute Gasteiger partial charge is 0.226 e. The van der Waals surface area contributed by atoms with Crippen molar-refractivity contribution < 1.29 is 4.52 Å². The molecular weight excluding hydrogens is 344 g/mol. The fourth-order valence-electron chi connectivity index (χ4n) is 3.91. The Morgan fingerprint density at radius 2 is 1.65 bits per heavy atom. The van der Waals surface area contributed by atoms with Gasteiger partial charge < -0.3 is 4.52 Å². The predicted octanol–water partition coefficient (Wildman–Crippen LogP) is 6.30. The Morgan fingerprint density at radius 1 is 0.923 bits per heavy atom. The monoisotopic (exact) mass is 366 g/mol. The molecule has 1 aliphatic carbocycles. The van der Waals surface area contributed by atoms with E-state index in [4.69, 9.17) is 16.1 Å². The molecule has 0 N–H and O–H groups in total. The Balaban J connectivity index is 1.28. The van der Waals surface area contributed by atoms with E-state index in [1.54, 1.807) is 0 Å². The molecule has 1 saturated carbocycles. The molecule has 2 aromatic carbocycles. The van der Waals surface area contributed by atoms with Crippen LogP contribution < -0.4 is 0 Å². The fourth-order valence-corrected chi connectivity index (χ4v) is 4.04. The van der Waals surface area contributed by atoms with Crippen LogP contribution in [0.3, 0.4) is 0 Å².